The van der Waals surface area contributed by atoms with E-state index in [0.717, 1.165) is 31.5 Å². The number of fused-ring (bicyclic) bond motifs is 1. The fraction of sp³-hybridized carbons (Fsp3) is 0.474. The molecule has 2 aromatic rings. The molecular weight excluding hydrogens is 300 g/mol. The van der Waals surface area contributed by atoms with Crippen LogP contribution in [-0.2, 0) is 19.3 Å². The van der Waals surface area contributed by atoms with Gasteiger partial charge < -0.3 is 5.32 Å². The lowest BCUT2D eigenvalue weighted by Gasteiger charge is -2.24. The van der Waals surface area contributed by atoms with E-state index in [1.54, 1.807) is 13.1 Å². The molecule has 1 aliphatic carbocycles. The number of anilines is 1. The summed E-state index contributed by atoms with van der Waals surface area (Å²) < 4.78 is 0. The largest absolute Gasteiger partial charge is 0.367 e. The molecule has 126 valence electrons. The Bertz CT molecular complexity index is 742. The second-order valence-corrected chi connectivity index (χ2v) is 6.86. The third-order valence-electron chi connectivity index (χ3n) is 4.45. The fourth-order valence-electron chi connectivity index (χ4n) is 3.24. The molecule has 2 heterocycles. The Hall–Kier alpha value is -2.30. The number of ketones is 1. The minimum absolute atomic E-state index is 0.0104. The minimum atomic E-state index is -0.0104. The molecule has 0 radical (unpaired) electrons. The Kier molecular flexibility index (Phi) is 4.88. The molecule has 1 N–H and O–H groups in total. The Labute approximate surface area is 143 Å². The average Bonchev–Trinajstić information content (AvgIpc) is 2.54. The Balaban J connectivity index is 1.77. The zero-order valence-corrected chi connectivity index (χ0v) is 14.5. The van der Waals surface area contributed by atoms with Crippen LogP contribution in [0.2, 0.25) is 0 Å². The molecule has 0 saturated heterocycles. The van der Waals surface area contributed by atoms with Crippen molar-refractivity contribution in [1.29, 1.82) is 0 Å². The van der Waals surface area contributed by atoms with Crippen molar-refractivity contribution in [2.75, 3.05) is 5.32 Å². The third kappa shape index (κ3) is 3.78. The van der Waals surface area contributed by atoms with Crippen LogP contribution >= 0.6 is 0 Å². The number of nitrogens with zero attached hydrogens (tertiary/aromatic N) is 3. The Morgan fingerprint density at radius 3 is 2.92 bits per heavy atom. The summed E-state index contributed by atoms with van der Waals surface area (Å²) in [5.41, 5.74) is 3.32. The highest BCUT2D eigenvalue weighted by Crippen LogP contribution is 2.27. The monoisotopic (exact) mass is 324 g/mol. The zero-order chi connectivity index (χ0) is 17.1. The van der Waals surface area contributed by atoms with E-state index in [1.165, 1.54) is 11.1 Å². The van der Waals surface area contributed by atoms with Crippen LogP contribution in [-0.4, -0.2) is 26.8 Å². The van der Waals surface area contributed by atoms with Gasteiger partial charge in [0.05, 0.1) is 5.56 Å². The predicted molar refractivity (Wildman–Crippen MR) is 94.3 cm³/mol. The number of aromatic nitrogens is 3. The summed E-state index contributed by atoms with van der Waals surface area (Å²) in [7, 11) is 0. The highest BCUT2D eigenvalue weighted by molar-refractivity contribution is 5.98. The van der Waals surface area contributed by atoms with E-state index in [1.807, 2.05) is 26.2 Å². The first-order valence-corrected chi connectivity index (χ1v) is 8.58. The predicted octanol–water partition coefficient (Wildman–Crippen LogP) is 3.24. The standard InChI is InChI=1S/C19H24N4O/c1-12(2)22-19-17(13(3)24)11-21-18(23-19)9-14-4-5-16-10-20-7-6-15(16)8-14/h6-7,10-12,14H,4-5,8-9H2,1-3H3,(H,21,22,23)/t14-/m0/s1. The molecule has 0 saturated carbocycles. The first-order valence-electron chi connectivity index (χ1n) is 8.58. The summed E-state index contributed by atoms with van der Waals surface area (Å²) >= 11 is 0. The summed E-state index contributed by atoms with van der Waals surface area (Å²) in [6.45, 7) is 5.63. The molecule has 1 atom stereocenters. The maximum atomic E-state index is 11.8. The SMILES string of the molecule is CC(=O)c1cnc(C[C@H]2CCc3cnccc3C2)nc1NC(C)C. The molecule has 5 heteroatoms. The van der Waals surface area contributed by atoms with E-state index in [-0.39, 0.29) is 11.8 Å². The minimum Gasteiger partial charge on any atom is -0.367 e. The number of carbonyl (C=O) groups excluding carboxylic acids is 1. The zero-order valence-electron chi connectivity index (χ0n) is 14.5. The number of pyridine rings is 1. The van der Waals surface area contributed by atoms with E-state index in [0.29, 0.717) is 17.3 Å². The van der Waals surface area contributed by atoms with Crippen LogP contribution in [0, 0.1) is 5.92 Å². The van der Waals surface area contributed by atoms with Gasteiger partial charge in [0.25, 0.3) is 0 Å². The smallest absolute Gasteiger partial charge is 0.165 e. The molecule has 0 fully saturated rings. The van der Waals surface area contributed by atoms with Gasteiger partial charge in [0.2, 0.25) is 0 Å². The molecule has 0 bridgehead atoms. The van der Waals surface area contributed by atoms with Gasteiger partial charge in [0, 0.05) is 31.1 Å². The van der Waals surface area contributed by atoms with Gasteiger partial charge in [-0.1, -0.05) is 0 Å². The highest BCUT2D eigenvalue weighted by atomic mass is 16.1. The maximum Gasteiger partial charge on any atom is 0.165 e. The average molecular weight is 324 g/mol. The Morgan fingerprint density at radius 2 is 2.17 bits per heavy atom. The first kappa shape index (κ1) is 16.6. The van der Waals surface area contributed by atoms with Crippen LogP contribution in [0.25, 0.3) is 0 Å². The summed E-state index contributed by atoms with van der Waals surface area (Å²) in [4.78, 5) is 25.0. The lowest BCUT2D eigenvalue weighted by atomic mass is 9.83. The van der Waals surface area contributed by atoms with Gasteiger partial charge in [-0.3, -0.25) is 9.78 Å². The summed E-state index contributed by atoms with van der Waals surface area (Å²) in [5, 5.41) is 3.27. The molecule has 0 aromatic carbocycles. The molecule has 0 aliphatic heterocycles. The van der Waals surface area contributed by atoms with Gasteiger partial charge >= 0.3 is 0 Å². The molecule has 2 aromatic heterocycles. The molecular formula is C19H24N4O. The number of Topliss-reactive ketones (excluding diaryl/α,β-unsaturated/α-hetero) is 1. The topological polar surface area (TPSA) is 67.8 Å². The molecule has 5 nitrogen and oxygen atoms in total. The third-order valence-corrected chi connectivity index (χ3v) is 4.45. The van der Waals surface area contributed by atoms with Crippen LogP contribution in [0.5, 0.6) is 0 Å². The quantitative estimate of drug-likeness (QED) is 0.855. The fourth-order valence-corrected chi connectivity index (χ4v) is 3.24. The number of hydrogen-bond donors (Lipinski definition) is 1. The van der Waals surface area contributed by atoms with Crippen LogP contribution in [0.15, 0.2) is 24.7 Å². The van der Waals surface area contributed by atoms with Gasteiger partial charge in [0.1, 0.15) is 11.6 Å². The van der Waals surface area contributed by atoms with Gasteiger partial charge in [-0.05, 0) is 63.1 Å². The maximum absolute atomic E-state index is 11.8. The van der Waals surface area contributed by atoms with Crippen molar-refractivity contribution >= 4 is 11.6 Å². The van der Waals surface area contributed by atoms with Crippen molar-refractivity contribution < 1.29 is 4.79 Å². The van der Waals surface area contributed by atoms with Crippen LogP contribution in [0.3, 0.4) is 0 Å². The summed E-state index contributed by atoms with van der Waals surface area (Å²) in [6.07, 6.45) is 9.59. The lowest BCUT2D eigenvalue weighted by molar-refractivity contribution is 0.101. The number of nitrogens with one attached hydrogen (secondary N) is 1. The summed E-state index contributed by atoms with van der Waals surface area (Å²) in [5.74, 6) is 1.99. The normalized spacial score (nSPS) is 16.8. The van der Waals surface area contributed by atoms with E-state index in [4.69, 9.17) is 0 Å². The lowest BCUT2D eigenvalue weighted by Crippen LogP contribution is -2.20. The van der Waals surface area contributed by atoms with Crippen molar-refractivity contribution in [3.05, 3.63) is 47.2 Å². The molecule has 0 unspecified atom stereocenters. The van der Waals surface area contributed by atoms with E-state index < -0.39 is 0 Å². The van der Waals surface area contributed by atoms with Gasteiger partial charge in [0.15, 0.2) is 5.78 Å². The first-order chi connectivity index (χ1) is 11.5. The highest BCUT2D eigenvalue weighted by Gasteiger charge is 2.21. The second-order valence-electron chi connectivity index (χ2n) is 6.86. The van der Waals surface area contributed by atoms with E-state index in [2.05, 4.69) is 26.3 Å². The molecule has 3 rings (SSSR count). The van der Waals surface area contributed by atoms with Crippen molar-refractivity contribution in [1.82, 2.24) is 15.0 Å². The van der Waals surface area contributed by atoms with E-state index >= 15 is 0 Å². The number of carbonyl (C=O) groups is 1. The van der Waals surface area contributed by atoms with Gasteiger partial charge in [-0.15, -0.1) is 0 Å². The van der Waals surface area contributed by atoms with Crippen molar-refractivity contribution in [2.24, 2.45) is 5.92 Å². The van der Waals surface area contributed by atoms with Crippen molar-refractivity contribution in [3.63, 3.8) is 0 Å². The molecule has 24 heavy (non-hydrogen) atoms. The van der Waals surface area contributed by atoms with Gasteiger partial charge in [-0.2, -0.15) is 0 Å². The number of aryl methyl sites for hydroxylation is 1. The molecule has 1 aliphatic rings. The number of rotatable bonds is 5. The summed E-state index contributed by atoms with van der Waals surface area (Å²) in [6, 6.07) is 2.34. The van der Waals surface area contributed by atoms with Crippen LogP contribution in [0.1, 0.15) is 54.5 Å². The van der Waals surface area contributed by atoms with Crippen LogP contribution in [0.4, 0.5) is 5.82 Å². The van der Waals surface area contributed by atoms with Crippen molar-refractivity contribution in [3.8, 4) is 0 Å². The van der Waals surface area contributed by atoms with Gasteiger partial charge in [-0.25, -0.2) is 9.97 Å². The number of hydrogen-bond acceptors (Lipinski definition) is 5. The second kappa shape index (κ2) is 7.07. The molecule has 0 spiro atoms. The molecule has 0 amide bonds. The Morgan fingerprint density at radius 1 is 1.33 bits per heavy atom. The van der Waals surface area contributed by atoms with Crippen LogP contribution < -0.4 is 5.32 Å². The van der Waals surface area contributed by atoms with E-state index in [9.17, 15) is 4.79 Å². The van der Waals surface area contributed by atoms with Crippen molar-refractivity contribution in [2.45, 2.75) is 52.5 Å².